The highest BCUT2D eigenvalue weighted by atomic mass is 16.6. The summed E-state index contributed by atoms with van der Waals surface area (Å²) in [5, 5.41) is 9.61. The lowest BCUT2D eigenvalue weighted by Gasteiger charge is -2.38. The number of amides is 1. The molecule has 1 aliphatic rings. The fourth-order valence-electron chi connectivity index (χ4n) is 2.83. The monoisotopic (exact) mass is 334 g/mol. The molecule has 1 fully saturated rings. The van der Waals surface area contributed by atoms with Crippen LogP contribution in [0, 0.1) is 0 Å². The SMILES string of the molecule is CN(c1ccc(O)c(C=O)c1)C1CCN(C(=O)OC(C)(C)C)CC1. The zero-order valence-electron chi connectivity index (χ0n) is 14.8. The molecule has 1 saturated heterocycles. The van der Waals surface area contributed by atoms with E-state index in [2.05, 4.69) is 4.90 Å². The van der Waals surface area contributed by atoms with Crippen LogP contribution in [0.15, 0.2) is 18.2 Å². The van der Waals surface area contributed by atoms with Gasteiger partial charge in [-0.1, -0.05) is 0 Å². The first-order valence-electron chi connectivity index (χ1n) is 8.20. The minimum Gasteiger partial charge on any atom is -0.507 e. The van der Waals surface area contributed by atoms with Crippen LogP contribution in [0.5, 0.6) is 5.75 Å². The van der Waals surface area contributed by atoms with E-state index in [-0.39, 0.29) is 23.4 Å². The first kappa shape index (κ1) is 18.1. The van der Waals surface area contributed by atoms with Gasteiger partial charge in [0.25, 0.3) is 0 Å². The second kappa shape index (κ2) is 7.11. The Kier molecular flexibility index (Phi) is 5.36. The van der Waals surface area contributed by atoms with Crippen molar-refractivity contribution in [2.45, 2.75) is 45.3 Å². The third-order valence-corrected chi connectivity index (χ3v) is 4.21. The number of aldehydes is 1. The highest BCUT2D eigenvalue weighted by molar-refractivity contribution is 5.81. The summed E-state index contributed by atoms with van der Waals surface area (Å²) < 4.78 is 5.41. The number of hydrogen-bond donors (Lipinski definition) is 1. The number of anilines is 1. The topological polar surface area (TPSA) is 70.1 Å². The summed E-state index contributed by atoms with van der Waals surface area (Å²) in [7, 11) is 1.97. The maximum Gasteiger partial charge on any atom is 0.410 e. The zero-order valence-corrected chi connectivity index (χ0v) is 14.8. The molecule has 0 spiro atoms. The molecule has 1 N–H and O–H groups in total. The van der Waals surface area contributed by atoms with E-state index in [1.54, 1.807) is 17.0 Å². The van der Waals surface area contributed by atoms with Crippen LogP contribution in [0.2, 0.25) is 0 Å². The van der Waals surface area contributed by atoms with E-state index in [9.17, 15) is 14.7 Å². The van der Waals surface area contributed by atoms with Crippen LogP contribution >= 0.6 is 0 Å². The number of phenols is 1. The molecule has 2 rings (SSSR count). The van der Waals surface area contributed by atoms with Crippen molar-refractivity contribution in [1.82, 2.24) is 4.90 Å². The second-order valence-electron chi connectivity index (χ2n) is 7.17. The van der Waals surface area contributed by atoms with Crippen molar-refractivity contribution in [3.8, 4) is 5.75 Å². The van der Waals surface area contributed by atoms with Crippen LogP contribution in [0.1, 0.15) is 44.0 Å². The summed E-state index contributed by atoms with van der Waals surface area (Å²) in [5.74, 6) is -0.0121. The molecule has 0 aliphatic carbocycles. The Morgan fingerprint density at radius 2 is 1.96 bits per heavy atom. The van der Waals surface area contributed by atoms with Crippen molar-refractivity contribution < 1.29 is 19.4 Å². The molecule has 1 aromatic carbocycles. The van der Waals surface area contributed by atoms with Crippen molar-refractivity contribution in [2.75, 3.05) is 25.0 Å². The van der Waals surface area contributed by atoms with Gasteiger partial charge in [0.05, 0.1) is 5.56 Å². The summed E-state index contributed by atoms with van der Waals surface area (Å²) >= 11 is 0. The second-order valence-corrected chi connectivity index (χ2v) is 7.17. The van der Waals surface area contributed by atoms with Crippen LogP contribution in [0.4, 0.5) is 10.5 Å². The first-order valence-corrected chi connectivity index (χ1v) is 8.20. The van der Waals surface area contributed by atoms with Gasteiger partial charge in [0.1, 0.15) is 11.4 Å². The molecule has 0 aromatic heterocycles. The van der Waals surface area contributed by atoms with Gasteiger partial charge in [-0.25, -0.2) is 4.79 Å². The lowest BCUT2D eigenvalue weighted by atomic mass is 10.0. The number of ether oxygens (including phenoxy) is 1. The van der Waals surface area contributed by atoms with E-state index in [0.29, 0.717) is 19.4 Å². The lowest BCUT2D eigenvalue weighted by molar-refractivity contribution is 0.0205. The summed E-state index contributed by atoms with van der Waals surface area (Å²) in [6.45, 7) is 6.87. The molecular weight excluding hydrogens is 308 g/mol. The molecule has 6 heteroatoms. The van der Waals surface area contributed by atoms with Crippen LogP contribution in [0.25, 0.3) is 0 Å². The van der Waals surface area contributed by atoms with Gasteiger partial charge in [0, 0.05) is 31.9 Å². The highest BCUT2D eigenvalue weighted by Crippen LogP contribution is 2.26. The average molecular weight is 334 g/mol. The Balaban J connectivity index is 1.96. The Morgan fingerprint density at radius 1 is 1.33 bits per heavy atom. The number of phenolic OH excluding ortho intramolecular Hbond substituents is 1. The Bertz CT molecular complexity index is 602. The fourth-order valence-corrected chi connectivity index (χ4v) is 2.83. The first-order chi connectivity index (χ1) is 11.2. The Labute approximate surface area is 143 Å². The number of aromatic hydroxyl groups is 1. The molecule has 24 heavy (non-hydrogen) atoms. The van der Waals surface area contributed by atoms with E-state index >= 15 is 0 Å². The number of likely N-dealkylation sites (tertiary alicyclic amines) is 1. The molecule has 1 heterocycles. The van der Waals surface area contributed by atoms with Gasteiger partial charge in [-0.3, -0.25) is 4.79 Å². The molecule has 132 valence electrons. The van der Waals surface area contributed by atoms with Gasteiger partial charge in [-0.15, -0.1) is 0 Å². The number of carbonyl (C=O) groups is 2. The molecule has 0 bridgehead atoms. The number of hydrogen-bond acceptors (Lipinski definition) is 5. The molecule has 1 amide bonds. The van der Waals surface area contributed by atoms with E-state index in [0.717, 1.165) is 18.5 Å². The largest absolute Gasteiger partial charge is 0.507 e. The Morgan fingerprint density at radius 3 is 2.50 bits per heavy atom. The third-order valence-electron chi connectivity index (χ3n) is 4.21. The molecule has 0 atom stereocenters. The predicted molar refractivity (Wildman–Crippen MR) is 92.7 cm³/mol. The molecule has 6 nitrogen and oxygen atoms in total. The van der Waals surface area contributed by atoms with Gasteiger partial charge in [-0.05, 0) is 51.8 Å². The van der Waals surface area contributed by atoms with Crippen molar-refractivity contribution >= 4 is 18.1 Å². The minimum absolute atomic E-state index is 0.0121. The highest BCUT2D eigenvalue weighted by Gasteiger charge is 2.28. The van der Waals surface area contributed by atoms with Crippen LogP contribution in [-0.2, 0) is 4.74 Å². The van der Waals surface area contributed by atoms with Gasteiger partial charge in [-0.2, -0.15) is 0 Å². The molecule has 1 aliphatic heterocycles. The average Bonchev–Trinajstić information content (AvgIpc) is 2.53. The van der Waals surface area contributed by atoms with Gasteiger partial charge >= 0.3 is 6.09 Å². The molecule has 0 saturated carbocycles. The number of piperidine rings is 1. The predicted octanol–water partition coefficient (Wildman–Crippen LogP) is 3.04. The van der Waals surface area contributed by atoms with Gasteiger partial charge < -0.3 is 19.6 Å². The van der Waals surface area contributed by atoms with Crippen LogP contribution < -0.4 is 4.90 Å². The van der Waals surface area contributed by atoms with Gasteiger partial charge in [0.15, 0.2) is 6.29 Å². The van der Waals surface area contributed by atoms with Crippen molar-refractivity contribution in [2.24, 2.45) is 0 Å². The van der Waals surface area contributed by atoms with Crippen LogP contribution in [-0.4, -0.2) is 54.2 Å². The van der Waals surface area contributed by atoms with E-state index in [1.807, 2.05) is 27.8 Å². The number of benzene rings is 1. The molecule has 0 radical (unpaired) electrons. The quantitative estimate of drug-likeness (QED) is 0.860. The van der Waals surface area contributed by atoms with Crippen LogP contribution in [0.3, 0.4) is 0 Å². The molecule has 0 unspecified atom stereocenters. The normalized spacial score (nSPS) is 15.9. The molecule has 1 aromatic rings. The van der Waals surface area contributed by atoms with Crippen molar-refractivity contribution in [3.63, 3.8) is 0 Å². The standard InChI is InChI=1S/C18H26N2O4/c1-18(2,3)24-17(23)20-9-7-14(8-10-20)19(4)15-5-6-16(22)13(11-15)12-21/h5-6,11-12,14,22H,7-10H2,1-4H3. The molecular formula is C18H26N2O4. The van der Waals surface area contributed by atoms with Crippen molar-refractivity contribution in [1.29, 1.82) is 0 Å². The fraction of sp³-hybridized carbons (Fsp3) is 0.556. The van der Waals surface area contributed by atoms with E-state index < -0.39 is 5.60 Å². The number of nitrogens with zero attached hydrogens (tertiary/aromatic N) is 2. The Hall–Kier alpha value is -2.24. The van der Waals surface area contributed by atoms with E-state index in [1.165, 1.54) is 6.07 Å². The summed E-state index contributed by atoms with van der Waals surface area (Å²) in [6.07, 6.45) is 2.04. The maximum absolute atomic E-state index is 12.1. The van der Waals surface area contributed by atoms with E-state index in [4.69, 9.17) is 4.74 Å². The van der Waals surface area contributed by atoms with Gasteiger partial charge in [0.2, 0.25) is 0 Å². The number of rotatable bonds is 3. The summed E-state index contributed by atoms with van der Waals surface area (Å²) in [4.78, 5) is 26.9. The third kappa shape index (κ3) is 4.40. The summed E-state index contributed by atoms with van der Waals surface area (Å²) in [5.41, 5.74) is 0.679. The zero-order chi connectivity index (χ0) is 17.9. The lowest BCUT2D eigenvalue weighted by Crippen LogP contribution is -2.47. The minimum atomic E-state index is -0.484. The number of carbonyl (C=O) groups excluding carboxylic acids is 2. The maximum atomic E-state index is 12.1. The van der Waals surface area contributed by atoms with Crippen molar-refractivity contribution in [3.05, 3.63) is 23.8 Å². The smallest absolute Gasteiger partial charge is 0.410 e. The summed E-state index contributed by atoms with van der Waals surface area (Å²) in [6, 6.07) is 5.28.